The van der Waals surface area contributed by atoms with Crippen LogP contribution >= 0.6 is 0 Å². The van der Waals surface area contributed by atoms with E-state index >= 15 is 0 Å². The molecule has 0 aliphatic rings. The van der Waals surface area contributed by atoms with Gasteiger partial charge in [0.1, 0.15) is 11.6 Å². The van der Waals surface area contributed by atoms with Crippen molar-refractivity contribution >= 4 is 29.6 Å². The van der Waals surface area contributed by atoms with E-state index in [1.807, 2.05) is 31.2 Å². The minimum Gasteiger partial charge on any atom is -0.493 e. The topological polar surface area (TPSA) is 112 Å². The van der Waals surface area contributed by atoms with Crippen LogP contribution in [-0.2, 0) is 16.1 Å². The fourth-order valence-corrected chi connectivity index (χ4v) is 2.47. The van der Waals surface area contributed by atoms with Gasteiger partial charge in [0.25, 0.3) is 0 Å². The highest BCUT2D eigenvalue weighted by Gasteiger charge is 2.08. The molecule has 9 heteroatoms. The van der Waals surface area contributed by atoms with Crippen molar-refractivity contribution in [2.24, 2.45) is 0 Å². The Kier molecular flexibility index (Phi) is 6.88. The number of anilines is 3. The molecule has 3 N–H and O–H groups in total. The average Bonchev–Trinajstić information content (AvgIpc) is 2.73. The third-order valence-electron chi connectivity index (χ3n) is 3.76. The zero-order valence-corrected chi connectivity index (χ0v) is 16.2. The summed E-state index contributed by atoms with van der Waals surface area (Å²) in [5.74, 6) is 0.0196. The molecule has 8 nitrogen and oxygen atoms in total. The minimum atomic E-state index is -0.576. The van der Waals surface area contributed by atoms with E-state index < -0.39 is 5.97 Å². The van der Waals surface area contributed by atoms with E-state index in [-0.39, 0.29) is 30.1 Å². The number of carbonyl (C=O) groups excluding carboxylic acids is 1. The van der Waals surface area contributed by atoms with Gasteiger partial charge in [0.15, 0.2) is 12.4 Å². The molecule has 0 aliphatic carbocycles. The van der Waals surface area contributed by atoms with Crippen LogP contribution in [0.4, 0.5) is 22.0 Å². The second-order valence-electron chi connectivity index (χ2n) is 5.98. The molecular weight excluding hydrogens is 389 g/mol. The maximum atomic E-state index is 13.0. The molecular formula is C21H20FN5O3. The van der Waals surface area contributed by atoms with Crippen molar-refractivity contribution in [1.82, 2.24) is 15.0 Å². The van der Waals surface area contributed by atoms with E-state index in [0.717, 1.165) is 5.56 Å². The number of hydrogen-bond donors (Lipinski definition) is 2. The fourth-order valence-electron chi connectivity index (χ4n) is 2.47. The molecule has 2 aromatic carbocycles. The number of nitrogens with zero attached hydrogens (tertiary/aromatic N) is 3. The van der Waals surface area contributed by atoms with Gasteiger partial charge in [-0.05, 0) is 43.3 Å². The molecule has 1 heterocycles. The van der Waals surface area contributed by atoms with Gasteiger partial charge < -0.3 is 20.5 Å². The van der Waals surface area contributed by atoms with Crippen LogP contribution in [0.5, 0.6) is 5.75 Å². The molecule has 0 bridgehead atoms. The number of ether oxygens (including phenoxy) is 2. The molecule has 3 rings (SSSR count). The zero-order valence-electron chi connectivity index (χ0n) is 16.2. The van der Waals surface area contributed by atoms with Gasteiger partial charge in [-0.15, -0.1) is 0 Å². The highest BCUT2D eigenvalue weighted by molar-refractivity contribution is 5.87. The number of aromatic nitrogens is 3. The van der Waals surface area contributed by atoms with Gasteiger partial charge in [-0.25, -0.2) is 9.18 Å². The first-order chi connectivity index (χ1) is 14.5. The number of hydrogen-bond acceptors (Lipinski definition) is 8. The van der Waals surface area contributed by atoms with Crippen molar-refractivity contribution in [2.45, 2.75) is 13.5 Å². The summed E-state index contributed by atoms with van der Waals surface area (Å²) in [5, 5.41) is 2.89. The predicted octanol–water partition coefficient (Wildman–Crippen LogP) is 3.49. The lowest BCUT2D eigenvalue weighted by molar-refractivity contribution is -0.139. The lowest BCUT2D eigenvalue weighted by Crippen LogP contribution is -2.10. The van der Waals surface area contributed by atoms with Gasteiger partial charge in [0, 0.05) is 17.3 Å². The molecule has 0 spiro atoms. The van der Waals surface area contributed by atoms with Crippen molar-refractivity contribution in [3.05, 3.63) is 71.8 Å². The van der Waals surface area contributed by atoms with Gasteiger partial charge in [0.05, 0.1) is 6.61 Å². The normalized spacial score (nSPS) is 10.7. The van der Waals surface area contributed by atoms with Gasteiger partial charge in [0.2, 0.25) is 11.9 Å². The van der Waals surface area contributed by atoms with Crippen LogP contribution in [0.2, 0.25) is 0 Å². The highest BCUT2D eigenvalue weighted by Crippen LogP contribution is 2.19. The molecule has 0 amide bonds. The number of para-hydroxylation sites is 1. The molecule has 0 saturated heterocycles. The SMILES string of the molecule is CCOc1ccccc1/C=C/C(=O)OCc1nc(N)nc(Nc2ccc(F)cc2)n1. The summed E-state index contributed by atoms with van der Waals surface area (Å²) in [4.78, 5) is 24.1. The van der Waals surface area contributed by atoms with E-state index in [0.29, 0.717) is 18.0 Å². The molecule has 30 heavy (non-hydrogen) atoms. The maximum absolute atomic E-state index is 13.0. The predicted molar refractivity (Wildman–Crippen MR) is 110 cm³/mol. The molecule has 0 fully saturated rings. The van der Waals surface area contributed by atoms with Gasteiger partial charge in [-0.1, -0.05) is 18.2 Å². The minimum absolute atomic E-state index is 0.0400. The van der Waals surface area contributed by atoms with Gasteiger partial charge >= 0.3 is 5.97 Å². The van der Waals surface area contributed by atoms with E-state index in [9.17, 15) is 9.18 Å². The van der Waals surface area contributed by atoms with Crippen LogP contribution in [0.1, 0.15) is 18.3 Å². The molecule has 0 radical (unpaired) electrons. The van der Waals surface area contributed by atoms with Crippen molar-refractivity contribution in [3.8, 4) is 5.75 Å². The van der Waals surface area contributed by atoms with Crippen molar-refractivity contribution < 1.29 is 18.7 Å². The van der Waals surface area contributed by atoms with Crippen LogP contribution in [0, 0.1) is 5.82 Å². The Morgan fingerprint density at radius 3 is 2.67 bits per heavy atom. The van der Waals surface area contributed by atoms with Gasteiger partial charge in [-0.2, -0.15) is 15.0 Å². The molecule has 0 aliphatic heterocycles. The lowest BCUT2D eigenvalue weighted by atomic mass is 10.2. The quantitative estimate of drug-likeness (QED) is 0.429. The second-order valence-corrected chi connectivity index (χ2v) is 5.98. The summed E-state index contributed by atoms with van der Waals surface area (Å²) < 4.78 is 23.7. The van der Waals surface area contributed by atoms with Crippen molar-refractivity contribution in [2.75, 3.05) is 17.7 Å². The average molecular weight is 409 g/mol. The number of nitrogens with one attached hydrogen (secondary N) is 1. The van der Waals surface area contributed by atoms with Gasteiger partial charge in [-0.3, -0.25) is 0 Å². The molecule has 0 atom stereocenters. The van der Waals surface area contributed by atoms with E-state index in [4.69, 9.17) is 15.2 Å². The molecule has 0 saturated carbocycles. The van der Waals surface area contributed by atoms with E-state index in [2.05, 4.69) is 20.3 Å². The summed E-state index contributed by atoms with van der Waals surface area (Å²) in [6, 6.07) is 13.0. The van der Waals surface area contributed by atoms with Crippen LogP contribution < -0.4 is 15.8 Å². The Balaban J connectivity index is 1.62. The van der Waals surface area contributed by atoms with E-state index in [1.165, 1.54) is 30.3 Å². The Bertz CT molecular complexity index is 1040. The largest absolute Gasteiger partial charge is 0.493 e. The number of carbonyl (C=O) groups is 1. The zero-order chi connectivity index (χ0) is 21.3. The smallest absolute Gasteiger partial charge is 0.331 e. The summed E-state index contributed by atoms with van der Waals surface area (Å²) in [5.41, 5.74) is 7.02. The Morgan fingerprint density at radius 1 is 1.13 bits per heavy atom. The number of esters is 1. The summed E-state index contributed by atoms with van der Waals surface area (Å²) >= 11 is 0. The standard InChI is InChI=1S/C21H20FN5O3/c1-2-29-17-6-4-3-5-14(17)7-12-19(28)30-13-18-25-20(23)27-21(26-18)24-16-10-8-15(22)9-11-16/h3-12H,2,13H2,1H3,(H3,23,24,25,26,27)/b12-7+. The first-order valence-electron chi connectivity index (χ1n) is 9.13. The number of nitrogens with two attached hydrogens (primary N) is 1. The number of benzene rings is 2. The number of rotatable bonds is 8. The summed E-state index contributed by atoms with van der Waals surface area (Å²) in [6.45, 7) is 2.21. The van der Waals surface area contributed by atoms with E-state index in [1.54, 1.807) is 6.08 Å². The fraction of sp³-hybridized carbons (Fsp3) is 0.143. The van der Waals surface area contributed by atoms with Crippen LogP contribution in [-0.4, -0.2) is 27.5 Å². The highest BCUT2D eigenvalue weighted by atomic mass is 19.1. The molecule has 3 aromatic rings. The third-order valence-corrected chi connectivity index (χ3v) is 3.76. The third kappa shape index (κ3) is 5.99. The second kappa shape index (κ2) is 9.97. The van der Waals surface area contributed by atoms with Crippen LogP contribution in [0.25, 0.3) is 6.08 Å². The number of halogens is 1. The molecule has 1 aromatic heterocycles. The molecule has 154 valence electrons. The first kappa shape index (κ1) is 20.7. The van der Waals surface area contributed by atoms with Crippen molar-refractivity contribution in [3.63, 3.8) is 0 Å². The maximum Gasteiger partial charge on any atom is 0.331 e. The molecule has 0 unspecified atom stereocenters. The number of nitrogen functional groups attached to an aromatic ring is 1. The van der Waals surface area contributed by atoms with Crippen LogP contribution in [0.15, 0.2) is 54.6 Å². The monoisotopic (exact) mass is 409 g/mol. The van der Waals surface area contributed by atoms with Crippen LogP contribution in [0.3, 0.4) is 0 Å². The van der Waals surface area contributed by atoms with Crippen molar-refractivity contribution in [1.29, 1.82) is 0 Å². The summed E-state index contributed by atoms with van der Waals surface area (Å²) in [7, 11) is 0. The Hall–Kier alpha value is -4.01. The lowest BCUT2D eigenvalue weighted by Gasteiger charge is -2.08. The Morgan fingerprint density at radius 2 is 1.90 bits per heavy atom. The first-order valence-corrected chi connectivity index (χ1v) is 9.13. The summed E-state index contributed by atoms with van der Waals surface area (Å²) in [6.07, 6.45) is 2.90. The Labute approximate surface area is 172 Å².